The van der Waals surface area contributed by atoms with E-state index >= 15 is 0 Å². The minimum absolute atomic E-state index is 0. The number of pyridine rings is 1. The molecular weight excluding hydrogens is 500 g/mol. The second kappa shape index (κ2) is 10.5. The number of benzene rings is 1. The van der Waals surface area contributed by atoms with Gasteiger partial charge in [0.1, 0.15) is 12.4 Å². The molecule has 0 amide bonds. The van der Waals surface area contributed by atoms with Crippen molar-refractivity contribution in [2.75, 3.05) is 26.8 Å². The van der Waals surface area contributed by atoms with Crippen LogP contribution in [0.3, 0.4) is 0 Å². The summed E-state index contributed by atoms with van der Waals surface area (Å²) in [7, 11) is 1.67. The maximum Gasteiger partial charge on any atom is 0.417 e. The number of halogens is 4. The fourth-order valence-electron chi connectivity index (χ4n) is 2.81. The smallest absolute Gasteiger partial charge is 0.417 e. The first-order valence-electron chi connectivity index (χ1n) is 8.82. The fraction of sp³-hybridized carbons (Fsp3) is 0.368. The third kappa shape index (κ3) is 6.38. The van der Waals surface area contributed by atoms with Crippen LogP contribution in [0.1, 0.15) is 23.6 Å². The number of aromatic nitrogens is 1. The SMILES string of the molecule is CN=C(NCCOc1ccc(C(F)(F)F)cn1)NC1CCOc2ccccc21.I. The van der Waals surface area contributed by atoms with Crippen molar-refractivity contribution in [1.82, 2.24) is 15.6 Å². The lowest BCUT2D eigenvalue weighted by Gasteiger charge is -2.28. The quantitative estimate of drug-likeness (QED) is 0.271. The van der Waals surface area contributed by atoms with Crippen molar-refractivity contribution in [3.8, 4) is 11.6 Å². The van der Waals surface area contributed by atoms with Crippen LogP contribution in [-0.4, -0.2) is 37.7 Å². The van der Waals surface area contributed by atoms with Crippen molar-refractivity contribution in [3.05, 3.63) is 53.7 Å². The van der Waals surface area contributed by atoms with Crippen LogP contribution in [0.25, 0.3) is 0 Å². The third-order valence-corrected chi connectivity index (χ3v) is 4.20. The maximum atomic E-state index is 12.5. The first-order chi connectivity index (χ1) is 13.5. The first kappa shape index (κ1) is 23.0. The number of ether oxygens (including phenoxy) is 2. The Morgan fingerprint density at radius 2 is 2.07 bits per heavy atom. The normalized spacial score (nSPS) is 16.1. The molecular formula is C19H22F3IN4O2. The van der Waals surface area contributed by atoms with Gasteiger partial charge in [0.05, 0.1) is 24.8 Å². The van der Waals surface area contributed by atoms with Crippen LogP contribution in [0.15, 0.2) is 47.6 Å². The highest BCUT2D eigenvalue weighted by atomic mass is 127. The van der Waals surface area contributed by atoms with Crippen LogP contribution in [-0.2, 0) is 6.18 Å². The topological polar surface area (TPSA) is 67.8 Å². The molecule has 6 nitrogen and oxygen atoms in total. The van der Waals surface area contributed by atoms with Gasteiger partial charge in [-0.25, -0.2) is 4.98 Å². The minimum atomic E-state index is -4.41. The molecule has 3 rings (SSSR count). The molecule has 0 saturated heterocycles. The molecule has 2 aromatic rings. The molecule has 158 valence electrons. The average molecular weight is 522 g/mol. The molecule has 2 heterocycles. The van der Waals surface area contributed by atoms with Gasteiger partial charge in [-0.15, -0.1) is 24.0 Å². The number of guanidine groups is 1. The van der Waals surface area contributed by atoms with Crippen LogP contribution in [0.4, 0.5) is 13.2 Å². The number of rotatable bonds is 5. The van der Waals surface area contributed by atoms with E-state index in [1.54, 1.807) is 7.05 Å². The van der Waals surface area contributed by atoms with Gasteiger partial charge in [0.25, 0.3) is 0 Å². The van der Waals surface area contributed by atoms with Crippen LogP contribution < -0.4 is 20.1 Å². The van der Waals surface area contributed by atoms with Crippen LogP contribution in [0.5, 0.6) is 11.6 Å². The van der Waals surface area contributed by atoms with Gasteiger partial charge in [-0.2, -0.15) is 13.2 Å². The summed E-state index contributed by atoms with van der Waals surface area (Å²) in [5, 5.41) is 6.47. The summed E-state index contributed by atoms with van der Waals surface area (Å²) in [5.41, 5.74) is 0.265. The molecule has 1 unspecified atom stereocenters. The van der Waals surface area contributed by atoms with Crippen molar-refractivity contribution < 1.29 is 22.6 Å². The monoisotopic (exact) mass is 522 g/mol. The van der Waals surface area contributed by atoms with E-state index in [4.69, 9.17) is 9.47 Å². The molecule has 1 aromatic heterocycles. The highest BCUT2D eigenvalue weighted by molar-refractivity contribution is 14.0. The summed E-state index contributed by atoms with van der Waals surface area (Å²) in [6.07, 6.45) is -2.84. The van der Waals surface area contributed by atoms with E-state index in [0.29, 0.717) is 19.1 Å². The standard InChI is InChI=1S/C19H21F3N4O2.HI/c1-23-18(26-15-8-10-27-16-5-3-2-4-14(15)16)24-9-11-28-17-7-6-13(12-25-17)19(20,21)22;/h2-7,12,15H,8-11H2,1H3,(H2,23,24,26);1H. The van der Waals surface area contributed by atoms with Crippen molar-refractivity contribution in [1.29, 1.82) is 0 Å². The van der Waals surface area contributed by atoms with Crippen molar-refractivity contribution >= 4 is 29.9 Å². The summed E-state index contributed by atoms with van der Waals surface area (Å²) in [6, 6.07) is 10.1. The predicted molar refractivity (Wildman–Crippen MR) is 114 cm³/mol. The molecule has 10 heteroatoms. The highest BCUT2D eigenvalue weighted by Gasteiger charge is 2.30. The zero-order valence-electron chi connectivity index (χ0n) is 15.7. The zero-order chi connectivity index (χ0) is 20.0. The number of aliphatic imine (C=N–C) groups is 1. The van der Waals surface area contributed by atoms with Gasteiger partial charge in [-0.3, -0.25) is 4.99 Å². The van der Waals surface area contributed by atoms with E-state index in [1.807, 2.05) is 24.3 Å². The summed E-state index contributed by atoms with van der Waals surface area (Å²) in [4.78, 5) is 7.87. The number of hydrogen-bond acceptors (Lipinski definition) is 4. The first-order valence-corrected chi connectivity index (χ1v) is 8.82. The molecule has 0 fully saturated rings. The predicted octanol–water partition coefficient (Wildman–Crippen LogP) is 3.79. The summed E-state index contributed by atoms with van der Waals surface area (Å²) >= 11 is 0. The molecule has 0 saturated carbocycles. The Bertz CT molecular complexity index is 816. The molecule has 2 N–H and O–H groups in total. The number of fused-ring (bicyclic) bond motifs is 1. The van der Waals surface area contributed by atoms with Crippen molar-refractivity contribution in [3.63, 3.8) is 0 Å². The van der Waals surface area contributed by atoms with Crippen LogP contribution in [0.2, 0.25) is 0 Å². The summed E-state index contributed by atoms with van der Waals surface area (Å²) in [5.74, 6) is 1.60. The maximum absolute atomic E-state index is 12.5. The van der Waals surface area contributed by atoms with Gasteiger partial charge in [0, 0.05) is 31.3 Å². The Kier molecular flexibility index (Phi) is 8.35. The van der Waals surface area contributed by atoms with Gasteiger partial charge in [0.15, 0.2) is 5.96 Å². The third-order valence-electron chi connectivity index (χ3n) is 4.20. The average Bonchev–Trinajstić information content (AvgIpc) is 2.70. The molecule has 1 aliphatic rings. The van der Waals surface area contributed by atoms with E-state index in [1.165, 1.54) is 6.07 Å². The Morgan fingerprint density at radius 1 is 1.28 bits per heavy atom. The molecule has 0 aliphatic carbocycles. The molecule has 29 heavy (non-hydrogen) atoms. The Balaban J connectivity index is 0.00000300. The van der Waals surface area contributed by atoms with Crippen molar-refractivity contribution in [2.24, 2.45) is 4.99 Å². The number of para-hydroxylation sites is 1. The van der Waals surface area contributed by atoms with Gasteiger partial charge >= 0.3 is 6.18 Å². The summed E-state index contributed by atoms with van der Waals surface area (Å²) < 4.78 is 48.6. The zero-order valence-corrected chi connectivity index (χ0v) is 18.0. The van der Waals surface area contributed by atoms with E-state index in [2.05, 4.69) is 20.6 Å². The number of nitrogens with zero attached hydrogens (tertiary/aromatic N) is 2. The molecule has 0 spiro atoms. The lowest BCUT2D eigenvalue weighted by Crippen LogP contribution is -2.42. The largest absolute Gasteiger partial charge is 0.493 e. The molecule has 0 bridgehead atoms. The van der Waals surface area contributed by atoms with Gasteiger partial charge in [-0.1, -0.05) is 18.2 Å². The minimum Gasteiger partial charge on any atom is -0.493 e. The Hall–Kier alpha value is -2.24. The number of alkyl halides is 3. The van der Waals surface area contributed by atoms with Gasteiger partial charge < -0.3 is 20.1 Å². The molecule has 1 aromatic carbocycles. The highest BCUT2D eigenvalue weighted by Crippen LogP contribution is 2.31. The molecule has 1 atom stereocenters. The fourth-order valence-corrected chi connectivity index (χ4v) is 2.81. The second-order valence-electron chi connectivity index (χ2n) is 6.10. The number of nitrogens with one attached hydrogen (secondary N) is 2. The summed E-state index contributed by atoms with van der Waals surface area (Å²) in [6.45, 7) is 1.26. The Labute approximate surface area is 183 Å². The number of hydrogen-bond donors (Lipinski definition) is 2. The van der Waals surface area contributed by atoms with Crippen molar-refractivity contribution in [2.45, 2.75) is 18.6 Å². The van der Waals surface area contributed by atoms with Crippen LogP contribution in [0, 0.1) is 0 Å². The van der Waals surface area contributed by atoms with Crippen LogP contribution >= 0.6 is 24.0 Å². The van der Waals surface area contributed by atoms with E-state index in [0.717, 1.165) is 30.0 Å². The molecule has 0 radical (unpaired) electrons. The molecule has 1 aliphatic heterocycles. The lowest BCUT2D eigenvalue weighted by atomic mass is 10.0. The van der Waals surface area contributed by atoms with E-state index in [-0.39, 0.29) is 42.5 Å². The second-order valence-corrected chi connectivity index (χ2v) is 6.10. The van der Waals surface area contributed by atoms with Gasteiger partial charge in [-0.05, 0) is 12.1 Å². The van der Waals surface area contributed by atoms with E-state index < -0.39 is 11.7 Å². The van der Waals surface area contributed by atoms with E-state index in [9.17, 15) is 13.2 Å². The lowest BCUT2D eigenvalue weighted by molar-refractivity contribution is -0.137. The Morgan fingerprint density at radius 3 is 2.76 bits per heavy atom. The van der Waals surface area contributed by atoms with Gasteiger partial charge in [0.2, 0.25) is 5.88 Å².